The van der Waals surface area contributed by atoms with Crippen molar-refractivity contribution in [3.8, 4) is 0 Å². The summed E-state index contributed by atoms with van der Waals surface area (Å²) in [6.45, 7) is 9.60. The van der Waals surface area contributed by atoms with Gasteiger partial charge in [0.25, 0.3) is 0 Å². The molecule has 32 heavy (non-hydrogen) atoms. The van der Waals surface area contributed by atoms with Gasteiger partial charge in [-0.3, -0.25) is 4.79 Å². The van der Waals surface area contributed by atoms with Crippen LogP contribution in [0.1, 0.15) is 35.7 Å². The van der Waals surface area contributed by atoms with E-state index >= 15 is 0 Å². The molecule has 0 spiro atoms. The third-order valence-corrected chi connectivity index (χ3v) is 6.92. The number of carbonyl (C=O) groups excluding carboxylic acids is 1. The number of piperidine rings is 1. The maximum Gasteiger partial charge on any atom is 0.224 e. The largest absolute Gasteiger partial charge is 0.375 e. The molecule has 2 aliphatic heterocycles. The first-order valence-electron chi connectivity index (χ1n) is 11.5. The molecule has 1 fully saturated rings. The molecule has 2 aromatic carbocycles. The number of hydrogen-bond acceptors (Lipinski definition) is 2. The topological polar surface area (TPSA) is 34.5 Å². The number of rotatable bonds is 7. The van der Waals surface area contributed by atoms with Crippen LogP contribution in [0.15, 0.2) is 79.9 Å². The molecule has 4 heteroatoms. The molecule has 5 rings (SSSR count). The van der Waals surface area contributed by atoms with Gasteiger partial charge in [0.05, 0.1) is 25.3 Å². The summed E-state index contributed by atoms with van der Waals surface area (Å²) in [5, 5.41) is 1.29. The van der Waals surface area contributed by atoms with Crippen LogP contribution in [0, 0.1) is 5.92 Å². The Hall–Kier alpha value is -3.11. The smallest absolute Gasteiger partial charge is 0.224 e. The highest BCUT2D eigenvalue weighted by atomic mass is 16.5. The highest BCUT2D eigenvalue weighted by Crippen LogP contribution is 2.46. The lowest BCUT2D eigenvalue weighted by atomic mass is 9.81. The van der Waals surface area contributed by atoms with Gasteiger partial charge in [0.2, 0.25) is 5.91 Å². The van der Waals surface area contributed by atoms with Crippen molar-refractivity contribution in [2.24, 2.45) is 5.92 Å². The van der Waals surface area contributed by atoms with Gasteiger partial charge in [0.1, 0.15) is 0 Å². The predicted molar refractivity (Wildman–Crippen MR) is 128 cm³/mol. The Kier molecular flexibility index (Phi) is 5.71. The summed E-state index contributed by atoms with van der Waals surface area (Å²) in [7, 11) is 0. The van der Waals surface area contributed by atoms with E-state index in [1.54, 1.807) is 6.08 Å². The average Bonchev–Trinajstić information content (AvgIpc) is 3.13. The Balaban J connectivity index is 1.65. The molecule has 0 saturated carbocycles. The van der Waals surface area contributed by atoms with E-state index in [4.69, 9.17) is 4.74 Å². The van der Waals surface area contributed by atoms with E-state index in [2.05, 4.69) is 77.2 Å². The Morgan fingerprint density at radius 3 is 2.59 bits per heavy atom. The van der Waals surface area contributed by atoms with Crippen LogP contribution >= 0.6 is 0 Å². The number of allylic oxidation sites excluding steroid dienone is 1. The van der Waals surface area contributed by atoms with E-state index < -0.39 is 0 Å². The van der Waals surface area contributed by atoms with Crippen LogP contribution in [0.25, 0.3) is 10.9 Å². The van der Waals surface area contributed by atoms with E-state index in [0.29, 0.717) is 19.6 Å². The summed E-state index contributed by atoms with van der Waals surface area (Å²) in [6.07, 6.45) is 5.98. The minimum absolute atomic E-state index is 0.0384. The number of amides is 1. The number of para-hydroxylation sites is 1. The van der Waals surface area contributed by atoms with Gasteiger partial charge in [-0.05, 0) is 36.0 Å². The van der Waals surface area contributed by atoms with E-state index in [1.807, 2.05) is 6.08 Å². The number of hydrogen-bond donors (Lipinski definition) is 0. The molecule has 3 atom stereocenters. The molecule has 2 aliphatic rings. The van der Waals surface area contributed by atoms with Gasteiger partial charge in [-0.15, -0.1) is 13.2 Å². The highest BCUT2D eigenvalue weighted by Gasteiger charge is 2.44. The predicted octanol–water partition coefficient (Wildman–Crippen LogP) is 5.28. The van der Waals surface area contributed by atoms with Crippen LogP contribution in [0.3, 0.4) is 0 Å². The summed E-state index contributed by atoms with van der Waals surface area (Å²) in [5.41, 5.74) is 5.15. The third kappa shape index (κ3) is 3.59. The third-order valence-electron chi connectivity index (χ3n) is 6.92. The van der Waals surface area contributed by atoms with Crippen LogP contribution in [0.2, 0.25) is 0 Å². The minimum Gasteiger partial charge on any atom is -0.375 e. The van der Waals surface area contributed by atoms with Crippen molar-refractivity contribution in [1.82, 2.24) is 9.47 Å². The maximum atomic E-state index is 13.3. The van der Waals surface area contributed by atoms with Gasteiger partial charge in [-0.1, -0.05) is 60.7 Å². The quantitative estimate of drug-likeness (QED) is 0.380. The molecule has 1 saturated heterocycles. The normalized spacial score (nSPS) is 22.4. The fourth-order valence-electron chi connectivity index (χ4n) is 5.56. The van der Waals surface area contributed by atoms with Gasteiger partial charge in [0.15, 0.2) is 0 Å². The zero-order chi connectivity index (χ0) is 22.1. The van der Waals surface area contributed by atoms with Gasteiger partial charge in [-0.25, -0.2) is 0 Å². The lowest BCUT2D eigenvalue weighted by Gasteiger charge is -2.47. The monoisotopic (exact) mass is 426 g/mol. The molecular weight excluding hydrogens is 396 g/mol. The lowest BCUT2D eigenvalue weighted by molar-refractivity contribution is -0.144. The molecular formula is C28H30N2O2. The first-order valence-corrected chi connectivity index (χ1v) is 11.5. The van der Waals surface area contributed by atoms with Crippen molar-refractivity contribution < 1.29 is 9.53 Å². The number of nitrogens with zero attached hydrogens (tertiary/aromatic N) is 2. The second-order valence-corrected chi connectivity index (χ2v) is 8.89. The fraction of sp³-hybridized carbons (Fsp3) is 0.321. The van der Waals surface area contributed by atoms with Crippen LogP contribution in [-0.2, 0) is 22.5 Å². The molecule has 0 bridgehead atoms. The molecule has 3 aromatic rings. The Morgan fingerprint density at radius 2 is 1.81 bits per heavy atom. The summed E-state index contributed by atoms with van der Waals surface area (Å²) in [5.74, 6) is 0.410. The fourth-order valence-corrected chi connectivity index (χ4v) is 5.56. The molecule has 164 valence electrons. The lowest BCUT2D eigenvalue weighted by Crippen LogP contribution is -2.53. The second-order valence-electron chi connectivity index (χ2n) is 8.89. The standard InChI is InChI=1S/C28H30N2O2/c1-3-14-32-19-22-17-24-23-12-8-9-13-25(23)29(18-21-10-6-5-7-11-21)28(24)26-15-20(4-2)16-27(31)30(22)26/h3-13,20,22,26H,1-2,14-19H2/t20-,22-,26+/m1/s1. The van der Waals surface area contributed by atoms with Crippen LogP contribution < -0.4 is 0 Å². The number of aromatic nitrogens is 1. The Bertz CT molecular complexity index is 1150. The van der Waals surface area contributed by atoms with Crippen LogP contribution in [-0.4, -0.2) is 34.6 Å². The van der Waals surface area contributed by atoms with Crippen molar-refractivity contribution in [3.05, 3.63) is 96.7 Å². The van der Waals surface area contributed by atoms with E-state index in [1.165, 1.54) is 27.7 Å². The molecule has 0 radical (unpaired) electrons. The molecule has 1 aromatic heterocycles. The van der Waals surface area contributed by atoms with E-state index in [-0.39, 0.29) is 23.9 Å². The van der Waals surface area contributed by atoms with Crippen molar-refractivity contribution >= 4 is 16.8 Å². The van der Waals surface area contributed by atoms with Crippen molar-refractivity contribution in [3.63, 3.8) is 0 Å². The number of benzene rings is 2. The van der Waals surface area contributed by atoms with Gasteiger partial charge >= 0.3 is 0 Å². The first kappa shape index (κ1) is 20.8. The van der Waals surface area contributed by atoms with Gasteiger partial charge in [-0.2, -0.15) is 0 Å². The summed E-state index contributed by atoms with van der Waals surface area (Å²) in [4.78, 5) is 15.4. The molecule has 0 aliphatic carbocycles. The number of carbonyl (C=O) groups is 1. The average molecular weight is 427 g/mol. The maximum absolute atomic E-state index is 13.3. The van der Waals surface area contributed by atoms with Crippen LogP contribution in [0.4, 0.5) is 0 Å². The zero-order valence-electron chi connectivity index (χ0n) is 18.5. The van der Waals surface area contributed by atoms with Gasteiger partial charge < -0.3 is 14.2 Å². The molecule has 0 N–H and O–H groups in total. The van der Waals surface area contributed by atoms with Crippen molar-refractivity contribution in [1.29, 1.82) is 0 Å². The van der Waals surface area contributed by atoms with Crippen LogP contribution in [0.5, 0.6) is 0 Å². The van der Waals surface area contributed by atoms with Crippen molar-refractivity contribution in [2.75, 3.05) is 13.2 Å². The number of fused-ring (bicyclic) bond motifs is 5. The molecule has 4 nitrogen and oxygen atoms in total. The number of ether oxygens (including phenoxy) is 1. The molecule has 3 heterocycles. The minimum atomic E-state index is 0.0384. The highest BCUT2D eigenvalue weighted by molar-refractivity contribution is 5.88. The zero-order valence-corrected chi connectivity index (χ0v) is 18.5. The SMILES string of the molecule is C=CCOC[C@H]1Cc2c(n(Cc3ccccc3)c3ccccc23)[C@@H]2C[C@@H](C=C)CC(=O)N12. The summed E-state index contributed by atoms with van der Waals surface area (Å²) in [6, 6.07) is 19.3. The van der Waals surface area contributed by atoms with Crippen molar-refractivity contribution in [2.45, 2.75) is 37.9 Å². The second kappa shape index (κ2) is 8.79. The van der Waals surface area contributed by atoms with E-state index in [0.717, 1.165) is 19.4 Å². The first-order chi connectivity index (χ1) is 15.7. The molecule has 1 amide bonds. The molecule has 0 unspecified atom stereocenters. The van der Waals surface area contributed by atoms with E-state index in [9.17, 15) is 4.79 Å². The summed E-state index contributed by atoms with van der Waals surface area (Å²) < 4.78 is 8.31. The Morgan fingerprint density at radius 1 is 1.03 bits per heavy atom. The summed E-state index contributed by atoms with van der Waals surface area (Å²) >= 11 is 0. The van der Waals surface area contributed by atoms with Gasteiger partial charge in [0, 0.05) is 29.6 Å². The Labute approximate surface area is 189 Å².